The highest BCUT2D eigenvalue weighted by atomic mass is 16.3. The zero-order valence-corrected chi connectivity index (χ0v) is 8.37. The molecule has 0 saturated heterocycles. The summed E-state index contributed by atoms with van der Waals surface area (Å²) < 4.78 is 0. The first kappa shape index (κ1) is 10.7. The number of urea groups is 1. The SMILES string of the molecule is CC1=C/C(=N/NC(N)=O)C(C)(CO)C1. The van der Waals surface area contributed by atoms with Crippen molar-refractivity contribution in [2.24, 2.45) is 16.3 Å². The van der Waals surface area contributed by atoms with E-state index in [4.69, 9.17) is 5.73 Å². The highest BCUT2D eigenvalue weighted by Crippen LogP contribution is 2.33. The fraction of sp³-hybridized carbons (Fsp3) is 0.556. The van der Waals surface area contributed by atoms with Gasteiger partial charge in [0, 0.05) is 5.41 Å². The summed E-state index contributed by atoms with van der Waals surface area (Å²) in [5, 5.41) is 13.1. The summed E-state index contributed by atoms with van der Waals surface area (Å²) in [5.74, 6) is 0. The number of rotatable bonds is 2. The van der Waals surface area contributed by atoms with Gasteiger partial charge in [0.1, 0.15) is 0 Å². The quantitative estimate of drug-likeness (QED) is 0.558. The number of primary amides is 1. The van der Waals surface area contributed by atoms with Crippen molar-refractivity contribution in [1.29, 1.82) is 0 Å². The van der Waals surface area contributed by atoms with Crippen LogP contribution < -0.4 is 11.2 Å². The molecule has 0 aliphatic heterocycles. The molecular weight excluding hydrogens is 182 g/mol. The fourth-order valence-electron chi connectivity index (χ4n) is 1.58. The molecule has 0 fully saturated rings. The van der Waals surface area contributed by atoms with Crippen LogP contribution in [0.1, 0.15) is 20.3 Å². The minimum Gasteiger partial charge on any atom is -0.395 e. The average Bonchev–Trinajstić information content (AvgIpc) is 2.39. The van der Waals surface area contributed by atoms with Gasteiger partial charge in [-0.05, 0) is 19.4 Å². The summed E-state index contributed by atoms with van der Waals surface area (Å²) in [6, 6.07) is -0.698. The molecule has 1 aliphatic rings. The molecule has 1 aliphatic carbocycles. The third kappa shape index (κ3) is 2.11. The molecule has 0 bridgehead atoms. The third-order valence-corrected chi connectivity index (χ3v) is 2.31. The first-order valence-electron chi connectivity index (χ1n) is 4.39. The molecule has 0 radical (unpaired) electrons. The Hall–Kier alpha value is -1.36. The molecular formula is C9H15N3O2. The maximum atomic E-state index is 10.5. The molecule has 78 valence electrons. The Kier molecular flexibility index (Phi) is 2.90. The Morgan fingerprint density at radius 1 is 1.86 bits per heavy atom. The summed E-state index contributed by atoms with van der Waals surface area (Å²) in [5.41, 5.74) is 8.46. The van der Waals surface area contributed by atoms with E-state index in [0.717, 1.165) is 12.0 Å². The number of nitrogens with zero attached hydrogens (tertiary/aromatic N) is 1. The van der Waals surface area contributed by atoms with Crippen LogP contribution in [0.5, 0.6) is 0 Å². The average molecular weight is 197 g/mol. The normalized spacial score (nSPS) is 29.1. The summed E-state index contributed by atoms with van der Waals surface area (Å²) in [6.07, 6.45) is 2.61. The minimum atomic E-state index is -0.698. The topological polar surface area (TPSA) is 87.7 Å². The van der Waals surface area contributed by atoms with Crippen molar-refractivity contribution in [2.45, 2.75) is 20.3 Å². The number of nitrogens with two attached hydrogens (primary N) is 1. The van der Waals surface area contributed by atoms with E-state index in [2.05, 4.69) is 10.5 Å². The Morgan fingerprint density at radius 3 is 3.00 bits per heavy atom. The minimum absolute atomic E-state index is 0.000114. The number of aliphatic hydroxyl groups excluding tert-OH is 1. The number of aliphatic hydroxyl groups is 1. The molecule has 0 saturated carbocycles. The van der Waals surface area contributed by atoms with E-state index in [1.54, 1.807) is 0 Å². The maximum absolute atomic E-state index is 10.5. The van der Waals surface area contributed by atoms with E-state index in [-0.39, 0.29) is 6.61 Å². The van der Waals surface area contributed by atoms with Crippen LogP contribution in [0.3, 0.4) is 0 Å². The Morgan fingerprint density at radius 2 is 2.50 bits per heavy atom. The van der Waals surface area contributed by atoms with Crippen LogP contribution in [-0.2, 0) is 0 Å². The largest absolute Gasteiger partial charge is 0.395 e. The van der Waals surface area contributed by atoms with Crippen LogP contribution in [0.4, 0.5) is 4.79 Å². The van der Waals surface area contributed by atoms with Crippen LogP contribution in [0.25, 0.3) is 0 Å². The van der Waals surface area contributed by atoms with E-state index in [1.807, 2.05) is 19.9 Å². The van der Waals surface area contributed by atoms with Gasteiger partial charge in [-0.3, -0.25) is 0 Å². The lowest BCUT2D eigenvalue weighted by Gasteiger charge is -2.21. The zero-order valence-electron chi connectivity index (χ0n) is 8.37. The molecule has 0 aromatic rings. The molecule has 14 heavy (non-hydrogen) atoms. The number of hydrogen-bond donors (Lipinski definition) is 3. The van der Waals surface area contributed by atoms with Gasteiger partial charge in [0.15, 0.2) is 0 Å². The zero-order chi connectivity index (χ0) is 10.8. The summed E-state index contributed by atoms with van der Waals surface area (Å²) in [4.78, 5) is 10.5. The monoisotopic (exact) mass is 197 g/mol. The summed E-state index contributed by atoms with van der Waals surface area (Å²) >= 11 is 0. The highest BCUT2D eigenvalue weighted by Gasteiger charge is 2.34. The predicted molar refractivity (Wildman–Crippen MR) is 53.7 cm³/mol. The van der Waals surface area contributed by atoms with E-state index < -0.39 is 11.4 Å². The Labute approximate surface area is 82.7 Å². The van der Waals surface area contributed by atoms with Crippen LogP contribution in [0, 0.1) is 5.41 Å². The predicted octanol–water partition coefficient (Wildman–Crippen LogP) is 0.359. The second-order valence-corrected chi connectivity index (χ2v) is 3.86. The van der Waals surface area contributed by atoms with Gasteiger partial charge in [0.05, 0.1) is 12.3 Å². The molecule has 1 atom stereocenters. The molecule has 4 N–H and O–H groups in total. The number of nitrogens with one attached hydrogen (secondary N) is 1. The Balaban J connectivity index is 2.84. The summed E-state index contributed by atoms with van der Waals surface area (Å²) in [6.45, 7) is 3.85. The second kappa shape index (κ2) is 3.79. The van der Waals surface area contributed by atoms with Gasteiger partial charge in [0.25, 0.3) is 0 Å². The van der Waals surface area contributed by atoms with Crippen LogP contribution in [-0.4, -0.2) is 23.5 Å². The third-order valence-electron chi connectivity index (χ3n) is 2.31. The number of allylic oxidation sites excluding steroid dienone is 2. The van der Waals surface area contributed by atoms with Crippen molar-refractivity contribution in [3.8, 4) is 0 Å². The first-order valence-corrected chi connectivity index (χ1v) is 4.39. The van der Waals surface area contributed by atoms with Crippen molar-refractivity contribution >= 4 is 11.7 Å². The standard InChI is InChI=1S/C9H15N3O2/c1-6-3-7(11-12-8(10)14)9(2,4-6)5-13/h3,13H,4-5H2,1-2H3,(H3,10,12,14)/b11-7-. The molecule has 0 aromatic carbocycles. The van der Waals surface area contributed by atoms with Gasteiger partial charge in [-0.2, -0.15) is 5.10 Å². The smallest absolute Gasteiger partial charge is 0.332 e. The molecule has 2 amide bonds. The lowest BCUT2D eigenvalue weighted by molar-refractivity contribution is 0.202. The number of carbonyl (C=O) groups excluding carboxylic acids is 1. The number of hydrazone groups is 1. The summed E-state index contributed by atoms with van der Waals surface area (Å²) in [7, 11) is 0. The van der Waals surface area contributed by atoms with Crippen molar-refractivity contribution < 1.29 is 9.90 Å². The van der Waals surface area contributed by atoms with Gasteiger partial charge >= 0.3 is 6.03 Å². The van der Waals surface area contributed by atoms with Crippen molar-refractivity contribution in [1.82, 2.24) is 5.43 Å². The van der Waals surface area contributed by atoms with Gasteiger partial charge in [-0.15, -0.1) is 0 Å². The molecule has 1 unspecified atom stereocenters. The molecule has 0 aromatic heterocycles. The van der Waals surface area contributed by atoms with Crippen LogP contribution in [0.15, 0.2) is 16.8 Å². The fourth-order valence-corrected chi connectivity index (χ4v) is 1.58. The number of amides is 2. The van der Waals surface area contributed by atoms with Crippen LogP contribution in [0.2, 0.25) is 0 Å². The van der Waals surface area contributed by atoms with E-state index in [9.17, 15) is 9.90 Å². The number of carbonyl (C=O) groups is 1. The van der Waals surface area contributed by atoms with Gasteiger partial charge in [-0.25, -0.2) is 10.2 Å². The molecule has 1 rings (SSSR count). The number of hydrogen-bond acceptors (Lipinski definition) is 3. The molecule has 5 heteroatoms. The highest BCUT2D eigenvalue weighted by molar-refractivity contribution is 6.03. The van der Waals surface area contributed by atoms with E-state index >= 15 is 0 Å². The second-order valence-electron chi connectivity index (χ2n) is 3.86. The Bertz CT molecular complexity index is 309. The molecule has 5 nitrogen and oxygen atoms in total. The van der Waals surface area contributed by atoms with Crippen molar-refractivity contribution in [3.05, 3.63) is 11.6 Å². The maximum Gasteiger partial charge on any atom is 0.332 e. The molecule has 0 spiro atoms. The van der Waals surface area contributed by atoms with Crippen molar-refractivity contribution in [3.63, 3.8) is 0 Å². The van der Waals surface area contributed by atoms with Crippen LogP contribution >= 0.6 is 0 Å². The van der Waals surface area contributed by atoms with E-state index in [1.165, 1.54) is 0 Å². The lowest BCUT2D eigenvalue weighted by atomic mass is 9.86. The van der Waals surface area contributed by atoms with Gasteiger partial charge < -0.3 is 10.8 Å². The molecule has 0 heterocycles. The first-order chi connectivity index (χ1) is 6.48. The van der Waals surface area contributed by atoms with Gasteiger partial charge in [-0.1, -0.05) is 12.5 Å². The van der Waals surface area contributed by atoms with E-state index in [0.29, 0.717) is 5.71 Å². The van der Waals surface area contributed by atoms with Gasteiger partial charge in [0.2, 0.25) is 0 Å². The lowest BCUT2D eigenvalue weighted by Crippen LogP contribution is -2.31. The van der Waals surface area contributed by atoms with Crippen molar-refractivity contribution in [2.75, 3.05) is 6.61 Å².